The lowest BCUT2D eigenvalue weighted by Crippen LogP contribution is -2.07. The summed E-state index contributed by atoms with van der Waals surface area (Å²) < 4.78 is 7.01. The number of esters is 1. The van der Waals surface area contributed by atoms with Gasteiger partial charge in [0.2, 0.25) is 5.13 Å². The van der Waals surface area contributed by atoms with E-state index in [-0.39, 0.29) is 12.4 Å². The summed E-state index contributed by atoms with van der Waals surface area (Å²) in [4.78, 5) is 15.7. The van der Waals surface area contributed by atoms with Crippen LogP contribution in [0, 0.1) is 3.57 Å². The van der Waals surface area contributed by atoms with E-state index in [1.807, 2.05) is 23.6 Å². The topological polar surface area (TPSA) is 63.6 Å². The molecular formula is C14H13BrIN3O2S. The maximum Gasteiger partial charge on any atom is 0.311 e. The smallest absolute Gasteiger partial charge is 0.311 e. The van der Waals surface area contributed by atoms with Crippen LogP contribution in [0.15, 0.2) is 33.2 Å². The number of benzene rings is 1. The minimum Gasteiger partial charge on any atom is -0.466 e. The van der Waals surface area contributed by atoms with Gasteiger partial charge in [-0.3, -0.25) is 10.2 Å². The van der Waals surface area contributed by atoms with E-state index in [2.05, 4.69) is 54.0 Å². The molecule has 0 aliphatic heterocycles. The SMILES string of the molecule is CCOC(=O)Cc1csc(NN=Cc2cccc(I)c2Br)n1. The molecule has 8 heteroatoms. The first-order chi connectivity index (χ1) is 10.6. The Labute approximate surface area is 154 Å². The summed E-state index contributed by atoms with van der Waals surface area (Å²) in [7, 11) is 0. The highest BCUT2D eigenvalue weighted by Gasteiger charge is 2.08. The highest BCUT2D eigenvalue weighted by molar-refractivity contribution is 14.1. The molecule has 1 heterocycles. The van der Waals surface area contributed by atoms with Crippen molar-refractivity contribution in [1.29, 1.82) is 0 Å². The Bertz CT molecular complexity index is 690. The molecule has 22 heavy (non-hydrogen) atoms. The molecule has 2 rings (SSSR count). The van der Waals surface area contributed by atoms with Crippen LogP contribution in [0.5, 0.6) is 0 Å². The Kier molecular flexibility index (Phi) is 6.77. The zero-order valence-electron chi connectivity index (χ0n) is 11.7. The number of carbonyl (C=O) groups is 1. The van der Waals surface area contributed by atoms with Gasteiger partial charge in [0.05, 0.1) is 24.9 Å². The van der Waals surface area contributed by atoms with Crippen LogP contribution in [0.4, 0.5) is 5.13 Å². The number of ether oxygens (including phenoxy) is 1. The normalized spacial score (nSPS) is 10.9. The molecule has 0 atom stereocenters. The Morgan fingerprint density at radius 3 is 3.18 bits per heavy atom. The van der Waals surface area contributed by atoms with Crippen LogP contribution in [0.25, 0.3) is 0 Å². The van der Waals surface area contributed by atoms with Crippen LogP contribution in [0.2, 0.25) is 0 Å². The van der Waals surface area contributed by atoms with E-state index in [9.17, 15) is 4.79 Å². The van der Waals surface area contributed by atoms with Crippen molar-refractivity contribution in [3.8, 4) is 0 Å². The Hall–Kier alpha value is -1.000. The van der Waals surface area contributed by atoms with Crippen LogP contribution < -0.4 is 5.43 Å². The lowest BCUT2D eigenvalue weighted by Gasteiger charge is -2.00. The number of nitrogens with one attached hydrogen (secondary N) is 1. The van der Waals surface area contributed by atoms with Crippen molar-refractivity contribution in [3.63, 3.8) is 0 Å². The molecule has 0 saturated carbocycles. The molecule has 1 aromatic carbocycles. The molecule has 0 amide bonds. The van der Waals surface area contributed by atoms with Gasteiger partial charge in [-0.15, -0.1) is 11.3 Å². The number of thiazole rings is 1. The van der Waals surface area contributed by atoms with Crippen molar-refractivity contribution in [2.24, 2.45) is 5.10 Å². The number of aromatic nitrogens is 1. The fraction of sp³-hybridized carbons (Fsp3) is 0.214. The fourth-order valence-electron chi connectivity index (χ4n) is 1.58. The fourth-order valence-corrected chi connectivity index (χ4v) is 3.12. The molecular weight excluding hydrogens is 481 g/mol. The molecule has 0 fully saturated rings. The number of nitrogens with zero attached hydrogens (tertiary/aromatic N) is 2. The molecule has 0 radical (unpaired) electrons. The average Bonchev–Trinajstić information content (AvgIpc) is 2.91. The standard InChI is InChI=1S/C14H13BrIN3O2S/c1-2-21-12(20)6-10-8-22-14(18-10)19-17-7-9-4-3-5-11(16)13(9)15/h3-5,7-8H,2,6H2,1H3,(H,18,19). The summed E-state index contributed by atoms with van der Waals surface area (Å²) in [6.45, 7) is 2.16. The molecule has 5 nitrogen and oxygen atoms in total. The van der Waals surface area contributed by atoms with Crippen molar-refractivity contribution in [2.75, 3.05) is 12.0 Å². The number of rotatable bonds is 6. The summed E-state index contributed by atoms with van der Waals surface area (Å²) in [6, 6.07) is 5.94. The monoisotopic (exact) mass is 493 g/mol. The van der Waals surface area contributed by atoms with E-state index in [0.717, 1.165) is 13.6 Å². The quantitative estimate of drug-likeness (QED) is 0.285. The van der Waals surface area contributed by atoms with E-state index in [4.69, 9.17) is 4.74 Å². The Morgan fingerprint density at radius 2 is 2.41 bits per heavy atom. The molecule has 0 aliphatic rings. The van der Waals surface area contributed by atoms with E-state index < -0.39 is 0 Å². The van der Waals surface area contributed by atoms with Crippen molar-refractivity contribution in [3.05, 3.63) is 42.9 Å². The second kappa shape index (κ2) is 8.59. The van der Waals surface area contributed by atoms with Gasteiger partial charge in [0, 0.05) is 19.0 Å². The van der Waals surface area contributed by atoms with Crippen LogP contribution >= 0.6 is 49.9 Å². The van der Waals surface area contributed by atoms with Gasteiger partial charge >= 0.3 is 5.97 Å². The Balaban J connectivity index is 1.94. The predicted molar refractivity (Wildman–Crippen MR) is 101 cm³/mol. The largest absolute Gasteiger partial charge is 0.466 e. The third kappa shape index (κ3) is 5.03. The molecule has 116 valence electrons. The average molecular weight is 494 g/mol. The zero-order valence-corrected chi connectivity index (χ0v) is 16.2. The molecule has 1 N–H and O–H groups in total. The summed E-state index contributed by atoms with van der Waals surface area (Å²) in [5.41, 5.74) is 4.52. The molecule has 1 aromatic heterocycles. The number of carbonyl (C=O) groups excluding carboxylic acids is 1. The van der Waals surface area contributed by atoms with Gasteiger partial charge in [0.25, 0.3) is 0 Å². The number of hydrogen-bond acceptors (Lipinski definition) is 6. The highest BCUT2D eigenvalue weighted by atomic mass is 127. The van der Waals surface area contributed by atoms with Gasteiger partial charge in [-0.1, -0.05) is 12.1 Å². The van der Waals surface area contributed by atoms with Crippen molar-refractivity contribution < 1.29 is 9.53 Å². The van der Waals surface area contributed by atoms with Gasteiger partial charge in [-0.2, -0.15) is 5.10 Å². The maximum atomic E-state index is 11.4. The van der Waals surface area contributed by atoms with E-state index >= 15 is 0 Å². The molecule has 0 saturated heterocycles. The van der Waals surface area contributed by atoms with Crippen LogP contribution in [0.3, 0.4) is 0 Å². The second-order valence-corrected chi connectivity index (χ2v) is 6.95. The van der Waals surface area contributed by atoms with Crippen molar-refractivity contribution >= 4 is 67.2 Å². The lowest BCUT2D eigenvalue weighted by atomic mass is 10.2. The van der Waals surface area contributed by atoms with E-state index in [0.29, 0.717) is 17.4 Å². The summed E-state index contributed by atoms with van der Waals surface area (Å²) in [5, 5.41) is 6.62. The van der Waals surface area contributed by atoms with Gasteiger partial charge in [0.15, 0.2) is 0 Å². The summed E-state index contributed by atoms with van der Waals surface area (Å²) in [6.07, 6.45) is 1.90. The zero-order chi connectivity index (χ0) is 15.9. The number of halogens is 2. The van der Waals surface area contributed by atoms with Gasteiger partial charge < -0.3 is 4.74 Å². The minimum absolute atomic E-state index is 0.179. The summed E-state index contributed by atoms with van der Waals surface area (Å²) in [5.74, 6) is -0.273. The number of hydrogen-bond donors (Lipinski definition) is 1. The third-order valence-corrected chi connectivity index (χ3v) is 5.85. The molecule has 0 aliphatic carbocycles. The maximum absolute atomic E-state index is 11.4. The minimum atomic E-state index is -0.273. The second-order valence-electron chi connectivity index (χ2n) is 4.14. The van der Waals surface area contributed by atoms with E-state index in [1.54, 1.807) is 13.1 Å². The van der Waals surface area contributed by atoms with Crippen LogP contribution in [0.1, 0.15) is 18.2 Å². The van der Waals surface area contributed by atoms with Gasteiger partial charge in [0.1, 0.15) is 0 Å². The van der Waals surface area contributed by atoms with Crippen molar-refractivity contribution in [1.82, 2.24) is 4.98 Å². The van der Waals surface area contributed by atoms with Gasteiger partial charge in [-0.05, 0) is 51.5 Å². The molecule has 0 unspecified atom stereocenters. The third-order valence-electron chi connectivity index (χ3n) is 2.53. The first-order valence-corrected chi connectivity index (χ1v) is 9.18. The molecule has 2 aromatic rings. The number of anilines is 1. The molecule has 0 spiro atoms. The van der Waals surface area contributed by atoms with Gasteiger partial charge in [-0.25, -0.2) is 4.98 Å². The van der Waals surface area contributed by atoms with E-state index in [1.165, 1.54) is 11.3 Å². The first kappa shape index (κ1) is 17.4. The van der Waals surface area contributed by atoms with Crippen LogP contribution in [-0.4, -0.2) is 23.8 Å². The summed E-state index contributed by atoms with van der Waals surface area (Å²) >= 11 is 7.17. The highest BCUT2D eigenvalue weighted by Crippen LogP contribution is 2.22. The predicted octanol–water partition coefficient (Wildman–Crippen LogP) is 4.06. The number of hydrazone groups is 1. The van der Waals surface area contributed by atoms with Crippen LogP contribution in [-0.2, 0) is 16.0 Å². The van der Waals surface area contributed by atoms with Crippen molar-refractivity contribution in [2.45, 2.75) is 13.3 Å². The first-order valence-electron chi connectivity index (χ1n) is 6.43. The Morgan fingerprint density at radius 1 is 1.59 bits per heavy atom. The lowest BCUT2D eigenvalue weighted by molar-refractivity contribution is -0.142. The molecule has 0 bridgehead atoms.